The summed E-state index contributed by atoms with van der Waals surface area (Å²) in [5, 5.41) is 23.9. The molecule has 1 aliphatic carbocycles. The molecule has 5 rings (SSSR count). The fraction of sp³-hybridized carbons (Fsp3) is 0.103. The maximum Gasteiger partial charge on any atom is 0.244 e. The molecule has 0 radical (unpaired) electrons. The Morgan fingerprint density at radius 1 is 1.14 bits per heavy atom. The molecule has 0 bridgehead atoms. The molecule has 0 atom stereocenters. The van der Waals surface area contributed by atoms with Gasteiger partial charge >= 0.3 is 0 Å². The normalized spacial score (nSPS) is 13.5. The molecule has 0 fully saturated rings. The second kappa shape index (κ2) is 9.31. The predicted molar refractivity (Wildman–Crippen MR) is 146 cm³/mol. The summed E-state index contributed by atoms with van der Waals surface area (Å²) < 4.78 is 1.89. The van der Waals surface area contributed by atoms with Gasteiger partial charge in [-0.05, 0) is 67.0 Å². The highest BCUT2D eigenvalue weighted by atomic mass is 35.5. The maximum atomic E-state index is 12.8. The monoisotopic (exact) mass is 504 g/mol. The van der Waals surface area contributed by atoms with Gasteiger partial charge in [0.15, 0.2) is 0 Å². The first-order chi connectivity index (χ1) is 17.8. The highest BCUT2D eigenvalue weighted by molar-refractivity contribution is 6.30. The second-order valence-corrected chi connectivity index (χ2v) is 9.22. The van der Waals surface area contributed by atoms with Crippen molar-refractivity contribution in [2.75, 3.05) is 11.1 Å². The van der Waals surface area contributed by atoms with E-state index < -0.39 is 0 Å². The smallest absolute Gasteiger partial charge is 0.244 e. The van der Waals surface area contributed by atoms with Crippen molar-refractivity contribution in [3.8, 4) is 12.1 Å². The van der Waals surface area contributed by atoms with Gasteiger partial charge in [0, 0.05) is 38.9 Å². The number of fused-ring (bicyclic) bond motifs is 2. The number of benzene rings is 2. The Labute approximate surface area is 218 Å². The van der Waals surface area contributed by atoms with Crippen LogP contribution in [0.1, 0.15) is 34.9 Å². The van der Waals surface area contributed by atoms with Crippen molar-refractivity contribution in [2.45, 2.75) is 20.4 Å². The first-order valence-corrected chi connectivity index (χ1v) is 11.9. The van der Waals surface area contributed by atoms with Crippen molar-refractivity contribution in [3.05, 3.63) is 93.3 Å². The van der Waals surface area contributed by atoms with Gasteiger partial charge in [-0.1, -0.05) is 29.8 Å². The number of nitrogens with zero attached hydrogens (tertiary/aromatic N) is 4. The van der Waals surface area contributed by atoms with E-state index in [0.717, 1.165) is 33.2 Å². The number of allylic oxidation sites excluding steroid dienone is 3. The number of amides is 1. The van der Waals surface area contributed by atoms with Crippen molar-refractivity contribution < 1.29 is 4.79 Å². The highest BCUT2D eigenvalue weighted by Crippen LogP contribution is 2.44. The Bertz CT molecular complexity index is 1750. The number of nitrogens with one attached hydrogen (secondary N) is 1. The Morgan fingerprint density at radius 2 is 1.86 bits per heavy atom. The molecule has 2 heterocycles. The van der Waals surface area contributed by atoms with Crippen LogP contribution in [0.15, 0.2) is 60.3 Å². The van der Waals surface area contributed by atoms with Crippen LogP contribution in [0.3, 0.4) is 0 Å². The summed E-state index contributed by atoms with van der Waals surface area (Å²) in [4.78, 5) is 17.2. The van der Waals surface area contributed by atoms with E-state index in [1.54, 1.807) is 24.3 Å². The third-order valence-electron chi connectivity index (χ3n) is 6.55. The van der Waals surface area contributed by atoms with E-state index in [1.807, 2.05) is 55.0 Å². The summed E-state index contributed by atoms with van der Waals surface area (Å²) >= 11 is 5.94. The summed E-state index contributed by atoms with van der Waals surface area (Å²) in [7, 11) is 0. The van der Waals surface area contributed by atoms with Gasteiger partial charge in [-0.15, -0.1) is 0 Å². The molecular formula is C29H21ClN6O. The lowest BCUT2D eigenvalue weighted by Crippen LogP contribution is -2.18. The van der Waals surface area contributed by atoms with E-state index in [0.29, 0.717) is 33.1 Å². The molecule has 3 N–H and O–H groups in total. The number of carbonyl (C=O) groups is 1. The van der Waals surface area contributed by atoms with Gasteiger partial charge in [0.25, 0.3) is 0 Å². The number of nitrogen functional groups attached to an aromatic ring is 1. The SMILES string of the molecule is CC1=C(C#N)c2nc(N)c(C#N)c(C)c2/C1=C\c1cn(CC(=O)Nc2ccc(Cl)cc2)c2ccccc12. The van der Waals surface area contributed by atoms with Crippen LogP contribution in [-0.2, 0) is 11.3 Å². The van der Waals surface area contributed by atoms with Crippen molar-refractivity contribution in [1.82, 2.24) is 9.55 Å². The average molecular weight is 505 g/mol. The minimum atomic E-state index is -0.175. The lowest BCUT2D eigenvalue weighted by molar-refractivity contribution is -0.116. The fourth-order valence-electron chi connectivity index (χ4n) is 4.76. The van der Waals surface area contributed by atoms with Crippen LogP contribution < -0.4 is 11.1 Å². The number of anilines is 2. The number of para-hydroxylation sites is 1. The fourth-order valence-corrected chi connectivity index (χ4v) is 4.89. The van der Waals surface area contributed by atoms with Crippen molar-refractivity contribution in [1.29, 1.82) is 10.5 Å². The highest BCUT2D eigenvalue weighted by Gasteiger charge is 2.30. The van der Waals surface area contributed by atoms with E-state index in [1.165, 1.54) is 0 Å². The minimum absolute atomic E-state index is 0.108. The summed E-state index contributed by atoms with van der Waals surface area (Å²) in [6.07, 6.45) is 3.90. The lowest BCUT2D eigenvalue weighted by atomic mass is 9.95. The van der Waals surface area contributed by atoms with E-state index in [9.17, 15) is 15.3 Å². The lowest BCUT2D eigenvalue weighted by Gasteiger charge is -2.10. The molecule has 0 unspecified atom stereocenters. The number of hydrogen-bond donors (Lipinski definition) is 2. The number of aromatic nitrogens is 2. The van der Waals surface area contributed by atoms with Crippen molar-refractivity contribution >= 4 is 57.1 Å². The largest absolute Gasteiger partial charge is 0.383 e. The Morgan fingerprint density at radius 3 is 2.57 bits per heavy atom. The van der Waals surface area contributed by atoms with Crippen LogP contribution in [0.25, 0.3) is 28.1 Å². The number of hydrogen-bond acceptors (Lipinski definition) is 5. The van der Waals surface area contributed by atoms with Gasteiger partial charge in [0.2, 0.25) is 5.91 Å². The Hall–Kier alpha value is -4.85. The van der Waals surface area contributed by atoms with Gasteiger partial charge in [0.05, 0.1) is 16.8 Å². The van der Waals surface area contributed by atoms with Gasteiger partial charge in [-0.2, -0.15) is 10.5 Å². The third kappa shape index (κ3) is 4.12. The quantitative estimate of drug-likeness (QED) is 0.356. The first kappa shape index (κ1) is 23.9. The predicted octanol–water partition coefficient (Wildman–Crippen LogP) is 5.94. The molecule has 0 saturated heterocycles. The molecule has 8 heteroatoms. The van der Waals surface area contributed by atoms with Crippen LogP contribution in [0.2, 0.25) is 5.02 Å². The molecular weight excluding hydrogens is 484 g/mol. The van der Waals surface area contributed by atoms with Crippen LogP contribution in [-0.4, -0.2) is 15.5 Å². The molecule has 0 saturated carbocycles. The van der Waals surface area contributed by atoms with Crippen molar-refractivity contribution in [2.24, 2.45) is 0 Å². The summed E-state index contributed by atoms with van der Waals surface area (Å²) in [5.74, 6) is -0.0608. The van der Waals surface area contributed by atoms with Crippen molar-refractivity contribution in [3.63, 3.8) is 0 Å². The van der Waals surface area contributed by atoms with Crippen LogP contribution in [0.4, 0.5) is 11.5 Å². The molecule has 1 aliphatic rings. The Kier molecular flexibility index (Phi) is 6.01. The van der Waals surface area contributed by atoms with Crippen LogP contribution in [0, 0.1) is 29.6 Å². The topological polar surface area (TPSA) is 121 Å². The maximum absolute atomic E-state index is 12.8. The summed E-state index contributed by atoms with van der Waals surface area (Å²) in [5.41, 5.74) is 12.7. The second-order valence-electron chi connectivity index (χ2n) is 8.79. The minimum Gasteiger partial charge on any atom is -0.383 e. The van der Waals surface area contributed by atoms with Crippen LogP contribution >= 0.6 is 11.6 Å². The van der Waals surface area contributed by atoms with Gasteiger partial charge in [-0.25, -0.2) is 4.98 Å². The molecule has 7 nitrogen and oxygen atoms in total. The molecule has 37 heavy (non-hydrogen) atoms. The van der Waals surface area contributed by atoms with E-state index in [-0.39, 0.29) is 18.3 Å². The molecule has 2 aromatic heterocycles. The number of rotatable bonds is 4. The number of halogens is 1. The zero-order valence-corrected chi connectivity index (χ0v) is 20.9. The Balaban J connectivity index is 1.59. The van der Waals surface area contributed by atoms with E-state index in [4.69, 9.17) is 17.3 Å². The molecule has 0 spiro atoms. The third-order valence-corrected chi connectivity index (χ3v) is 6.80. The number of nitrogens with two attached hydrogens (primary N) is 1. The van der Waals surface area contributed by atoms with E-state index >= 15 is 0 Å². The molecule has 0 aliphatic heterocycles. The zero-order valence-electron chi connectivity index (χ0n) is 20.1. The van der Waals surface area contributed by atoms with Gasteiger partial charge in [0.1, 0.15) is 24.5 Å². The van der Waals surface area contributed by atoms with E-state index in [2.05, 4.69) is 22.4 Å². The zero-order chi connectivity index (χ0) is 26.3. The first-order valence-electron chi connectivity index (χ1n) is 11.5. The number of pyridine rings is 1. The molecule has 4 aromatic rings. The average Bonchev–Trinajstić information content (AvgIpc) is 3.35. The van der Waals surface area contributed by atoms with Crippen LogP contribution in [0.5, 0.6) is 0 Å². The number of nitriles is 2. The molecule has 2 aromatic carbocycles. The number of carbonyl (C=O) groups excluding carboxylic acids is 1. The van der Waals surface area contributed by atoms with Gasteiger partial charge in [-0.3, -0.25) is 4.79 Å². The summed E-state index contributed by atoms with van der Waals surface area (Å²) in [6, 6.07) is 19.1. The molecule has 1 amide bonds. The molecule has 180 valence electrons. The van der Waals surface area contributed by atoms with Gasteiger partial charge < -0.3 is 15.6 Å². The standard InChI is InChI=1S/C29H21ClN6O/c1-16-22(27-17(2)24(13-32)29(33)35-28(27)23(16)12-31)11-18-14-36(25-6-4-3-5-21(18)25)15-26(37)34-20-9-7-19(30)8-10-20/h3-11,14H,15H2,1-2H3,(H2,33,35)(H,34,37)/b22-11-. The summed E-state index contributed by atoms with van der Waals surface area (Å²) in [6.45, 7) is 3.80.